The Morgan fingerprint density at radius 2 is 1.73 bits per heavy atom. The number of nitrogens with zero attached hydrogens (tertiary/aromatic N) is 2. The molecule has 4 heteroatoms. The first-order valence-corrected chi connectivity index (χ1v) is 10.0. The lowest BCUT2D eigenvalue weighted by Crippen LogP contribution is -2.47. The largest absolute Gasteiger partial charge is 0.323 e. The number of rotatable bonds is 5. The molecule has 1 aromatic heterocycles. The molecule has 0 saturated heterocycles. The number of anilines is 1. The molecular formula is C22H27N3O. The zero-order chi connectivity index (χ0) is 17.6. The Kier molecular flexibility index (Phi) is 3.87. The number of aromatic nitrogens is 2. The van der Waals surface area contributed by atoms with Gasteiger partial charge in [0.15, 0.2) is 0 Å². The summed E-state index contributed by atoms with van der Waals surface area (Å²) in [6.45, 7) is 0.728. The smallest absolute Gasteiger partial charge is 0.225 e. The maximum absolute atomic E-state index is 12.7. The minimum atomic E-state index is 0.172. The fourth-order valence-electron chi connectivity index (χ4n) is 6.34. The third-order valence-electron chi connectivity index (χ3n) is 6.81. The van der Waals surface area contributed by atoms with E-state index in [4.69, 9.17) is 0 Å². The highest BCUT2D eigenvalue weighted by atomic mass is 16.1. The van der Waals surface area contributed by atoms with Crippen molar-refractivity contribution >= 4 is 11.6 Å². The maximum Gasteiger partial charge on any atom is 0.225 e. The van der Waals surface area contributed by atoms with Crippen molar-refractivity contribution in [3.8, 4) is 0 Å². The minimum absolute atomic E-state index is 0.172. The Morgan fingerprint density at radius 1 is 1.08 bits per heavy atom. The van der Waals surface area contributed by atoms with Gasteiger partial charge in [-0.05, 0) is 67.3 Å². The molecule has 4 aliphatic rings. The van der Waals surface area contributed by atoms with Crippen LogP contribution in [0.4, 0.5) is 5.69 Å². The number of amides is 1. The highest BCUT2D eigenvalue weighted by Gasteiger charge is 2.51. The van der Waals surface area contributed by atoms with Gasteiger partial charge in [0.2, 0.25) is 5.91 Å². The second-order valence-corrected chi connectivity index (χ2v) is 9.05. The molecule has 136 valence electrons. The summed E-state index contributed by atoms with van der Waals surface area (Å²) in [5.41, 5.74) is 2.32. The number of carbonyl (C=O) groups is 1. The molecule has 2 aromatic rings. The van der Waals surface area contributed by atoms with Crippen LogP contribution in [0.25, 0.3) is 0 Å². The zero-order valence-corrected chi connectivity index (χ0v) is 15.2. The average Bonchev–Trinajstić information content (AvgIpc) is 3.00. The third kappa shape index (κ3) is 3.17. The molecule has 4 fully saturated rings. The summed E-state index contributed by atoms with van der Waals surface area (Å²) in [6, 6.07) is 10.3. The lowest BCUT2D eigenvalue weighted by atomic mass is 9.49. The van der Waals surface area contributed by atoms with Crippen LogP contribution in [0.3, 0.4) is 0 Å². The van der Waals surface area contributed by atoms with Crippen molar-refractivity contribution in [3.63, 3.8) is 0 Å². The number of hydrogen-bond acceptors (Lipinski definition) is 2. The highest BCUT2D eigenvalue weighted by Crippen LogP contribution is 2.61. The fourth-order valence-corrected chi connectivity index (χ4v) is 6.34. The first-order chi connectivity index (χ1) is 12.7. The number of hydrogen-bond donors (Lipinski definition) is 1. The van der Waals surface area contributed by atoms with Crippen LogP contribution < -0.4 is 5.32 Å². The predicted octanol–water partition coefficient (Wildman–Crippen LogP) is 4.48. The molecule has 0 radical (unpaired) electrons. The van der Waals surface area contributed by atoms with E-state index in [2.05, 4.69) is 22.5 Å². The van der Waals surface area contributed by atoms with Gasteiger partial charge >= 0.3 is 0 Å². The Labute approximate surface area is 155 Å². The van der Waals surface area contributed by atoms with E-state index in [0.29, 0.717) is 11.8 Å². The molecule has 1 heterocycles. The first kappa shape index (κ1) is 16.1. The Bertz CT molecular complexity index is 759. The second-order valence-electron chi connectivity index (χ2n) is 9.05. The predicted molar refractivity (Wildman–Crippen MR) is 102 cm³/mol. The van der Waals surface area contributed by atoms with Gasteiger partial charge in [0, 0.05) is 12.6 Å². The molecule has 1 aromatic carbocycles. The summed E-state index contributed by atoms with van der Waals surface area (Å²) in [5, 5.41) is 7.49. The van der Waals surface area contributed by atoms with E-state index in [0.717, 1.165) is 30.0 Å². The van der Waals surface area contributed by atoms with Crippen LogP contribution in [0.5, 0.6) is 0 Å². The van der Waals surface area contributed by atoms with Gasteiger partial charge in [0.1, 0.15) is 0 Å². The fraction of sp³-hybridized carbons (Fsp3) is 0.545. The van der Waals surface area contributed by atoms with E-state index in [9.17, 15) is 4.79 Å². The van der Waals surface area contributed by atoms with Crippen molar-refractivity contribution in [2.24, 2.45) is 23.2 Å². The molecule has 0 atom stereocenters. The van der Waals surface area contributed by atoms with Gasteiger partial charge in [-0.25, -0.2) is 0 Å². The van der Waals surface area contributed by atoms with E-state index in [1.165, 1.54) is 44.1 Å². The molecule has 26 heavy (non-hydrogen) atoms. The van der Waals surface area contributed by atoms with Crippen molar-refractivity contribution in [2.75, 3.05) is 5.32 Å². The van der Waals surface area contributed by atoms with Crippen LogP contribution >= 0.6 is 0 Å². The quantitative estimate of drug-likeness (QED) is 0.865. The molecule has 6 rings (SSSR count). The van der Waals surface area contributed by atoms with E-state index in [1.54, 1.807) is 6.20 Å². The Balaban J connectivity index is 1.21. The summed E-state index contributed by atoms with van der Waals surface area (Å²) < 4.78 is 1.88. The summed E-state index contributed by atoms with van der Waals surface area (Å²) in [5.74, 6) is 2.85. The molecule has 1 amide bonds. The summed E-state index contributed by atoms with van der Waals surface area (Å²) in [6.07, 6.45) is 12.5. The lowest BCUT2D eigenvalue weighted by Gasteiger charge is -2.56. The van der Waals surface area contributed by atoms with E-state index in [-0.39, 0.29) is 5.91 Å². The van der Waals surface area contributed by atoms with E-state index in [1.807, 2.05) is 29.1 Å². The molecule has 0 aliphatic heterocycles. The van der Waals surface area contributed by atoms with Crippen molar-refractivity contribution in [3.05, 3.63) is 48.3 Å². The molecule has 0 spiro atoms. The first-order valence-electron chi connectivity index (χ1n) is 10.0. The lowest BCUT2D eigenvalue weighted by molar-refractivity contribution is -0.124. The summed E-state index contributed by atoms with van der Waals surface area (Å²) >= 11 is 0. The molecule has 4 nitrogen and oxygen atoms in total. The van der Waals surface area contributed by atoms with Gasteiger partial charge in [-0.2, -0.15) is 5.10 Å². The maximum atomic E-state index is 12.7. The van der Waals surface area contributed by atoms with Crippen LogP contribution in [0.15, 0.2) is 42.7 Å². The molecule has 1 N–H and O–H groups in total. The van der Waals surface area contributed by atoms with Gasteiger partial charge < -0.3 is 5.32 Å². The Hall–Kier alpha value is -2.10. The molecule has 4 bridgehead atoms. The third-order valence-corrected chi connectivity index (χ3v) is 6.81. The van der Waals surface area contributed by atoms with Crippen molar-refractivity contribution in [2.45, 2.75) is 51.5 Å². The number of carbonyl (C=O) groups excluding carboxylic acids is 1. The highest BCUT2D eigenvalue weighted by molar-refractivity contribution is 5.90. The summed E-state index contributed by atoms with van der Waals surface area (Å²) in [7, 11) is 0. The zero-order valence-electron chi connectivity index (χ0n) is 15.2. The van der Waals surface area contributed by atoms with Crippen LogP contribution in [0.1, 0.15) is 50.5 Å². The SMILES string of the molecule is O=C(CC12CC3CC(CC(C3)C1)C2)Nc1cnn(Cc2ccccc2)c1. The molecule has 0 unspecified atom stereocenters. The standard InChI is InChI=1S/C22H27N3O/c26-21(12-22-9-17-6-18(10-22)8-19(7-17)11-22)24-20-13-23-25(15-20)14-16-4-2-1-3-5-16/h1-5,13,15,17-19H,6-12,14H2,(H,24,26). The van der Waals surface area contributed by atoms with E-state index >= 15 is 0 Å². The van der Waals surface area contributed by atoms with Crippen molar-refractivity contribution in [1.82, 2.24) is 9.78 Å². The minimum Gasteiger partial charge on any atom is -0.323 e. The molecule has 4 saturated carbocycles. The Morgan fingerprint density at radius 3 is 2.38 bits per heavy atom. The van der Waals surface area contributed by atoms with Crippen LogP contribution in [0.2, 0.25) is 0 Å². The average molecular weight is 349 g/mol. The van der Waals surface area contributed by atoms with Gasteiger partial charge in [-0.15, -0.1) is 0 Å². The van der Waals surface area contributed by atoms with Crippen LogP contribution in [-0.2, 0) is 11.3 Å². The second kappa shape index (κ2) is 6.26. The normalized spacial score (nSPS) is 31.9. The van der Waals surface area contributed by atoms with Crippen molar-refractivity contribution < 1.29 is 4.79 Å². The topological polar surface area (TPSA) is 46.9 Å². The van der Waals surface area contributed by atoms with Crippen LogP contribution in [-0.4, -0.2) is 15.7 Å². The summed E-state index contributed by atoms with van der Waals surface area (Å²) in [4.78, 5) is 12.7. The molecule has 4 aliphatic carbocycles. The van der Waals surface area contributed by atoms with E-state index < -0.39 is 0 Å². The number of nitrogens with one attached hydrogen (secondary N) is 1. The van der Waals surface area contributed by atoms with Gasteiger partial charge in [-0.1, -0.05) is 30.3 Å². The van der Waals surface area contributed by atoms with Gasteiger partial charge in [0.25, 0.3) is 0 Å². The van der Waals surface area contributed by atoms with Crippen molar-refractivity contribution in [1.29, 1.82) is 0 Å². The number of benzene rings is 1. The molecular weight excluding hydrogens is 322 g/mol. The van der Waals surface area contributed by atoms with Gasteiger partial charge in [-0.3, -0.25) is 9.48 Å². The van der Waals surface area contributed by atoms with Crippen LogP contribution in [0, 0.1) is 23.2 Å². The monoisotopic (exact) mass is 349 g/mol. The van der Waals surface area contributed by atoms with Gasteiger partial charge in [0.05, 0.1) is 18.4 Å².